The fraction of sp³-hybridized carbons (Fsp3) is 0.345. The van der Waals surface area contributed by atoms with Crippen LogP contribution in [0.4, 0.5) is 5.69 Å². The number of carboxylic acid groups (broad SMARTS) is 1. The van der Waals surface area contributed by atoms with Crippen LogP contribution in [0.25, 0.3) is 11.1 Å². The Labute approximate surface area is 226 Å². The molecule has 1 saturated heterocycles. The monoisotopic (exact) mass is 537 g/mol. The summed E-state index contributed by atoms with van der Waals surface area (Å²) in [4.78, 5) is 14.7. The van der Waals surface area contributed by atoms with E-state index in [0.29, 0.717) is 32.0 Å². The van der Waals surface area contributed by atoms with E-state index in [-0.39, 0.29) is 12.8 Å². The summed E-state index contributed by atoms with van der Waals surface area (Å²) in [6, 6.07) is 24.4. The number of carbonyl (C=O) groups is 1. The van der Waals surface area contributed by atoms with Gasteiger partial charge in [0, 0.05) is 43.2 Å². The highest BCUT2D eigenvalue weighted by atomic mass is 32.2. The summed E-state index contributed by atoms with van der Waals surface area (Å²) in [5.74, 6) is -0.389. The Morgan fingerprint density at radius 2 is 1.61 bits per heavy atom. The quantitative estimate of drug-likeness (QED) is 0.268. The van der Waals surface area contributed by atoms with Gasteiger partial charge in [-0.05, 0) is 60.2 Å². The van der Waals surface area contributed by atoms with Gasteiger partial charge in [0.15, 0.2) is 5.54 Å². The van der Waals surface area contributed by atoms with E-state index < -0.39 is 22.8 Å². The van der Waals surface area contributed by atoms with Crippen LogP contribution in [-0.2, 0) is 27.4 Å². The van der Waals surface area contributed by atoms with Crippen LogP contribution in [0, 0.1) is 0 Å². The predicted molar refractivity (Wildman–Crippen MR) is 147 cm³/mol. The zero-order chi connectivity index (χ0) is 27.0. The van der Waals surface area contributed by atoms with Crippen molar-refractivity contribution >= 4 is 22.9 Å². The number of aliphatic carboxylic acids is 1. The van der Waals surface area contributed by atoms with Gasteiger partial charge in [-0.3, -0.25) is 8.51 Å². The Morgan fingerprint density at radius 3 is 2.16 bits per heavy atom. The number of anilines is 1. The van der Waals surface area contributed by atoms with Crippen molar-refractivity contribution in [3.8, 4) is 16.9 Å². The summed E-state index contributed by atoms with van der Waals surface area (Å²) in [5.41, 5.74) is 1.76. The van der Waals surface area contributed by atoms with E-state index in [1.54, 1.807) is 31.4 Å². The van der Waals surface area contributed by atoms with Crippen LogP contribution in [-0.4, -0.2) is 63.6 Å². The summed E-state index contributed by atoms with van der Waals surface area (Å²) in [6.07, 6.45) is 1.21. The molecule has 1 aliphatic rings. The number of hydrogen-bond donors (Lipinski definition) is 1. The molecule has 1 heterocycles. The minimum atomic E-state index is -2.76. The van der Waals surface area contributed by atoms with Crippen LogP contribution in [0.2, 0.25) is 0 Å². The molecule has 0 radical (unpaired) electrons. The molecular formula is C29H33N2O6S-. The molecular weight excluding hydrogens is 504 g/mol. The molecule has 0 saturated carbocycles. The number of rotatable bonds is 12. The second kappa shape index (κ2) is 13.0. The van der Waals surface area contributed by atoms with E-state index in [0.717, 1.165) is 39.7 Å². The molecule has 4 rings (SSSR count). The third-order valence-corrected chi connectivity index (χ3v) is 7.88. The van der Waals surface area contributed by atoms with E-state index >= 15 is 0 Å². The number of piperidine rings is 1. The van der Waals surface area contributed by atoms with Crippen molar-refractivity contribution in [3.05, 3.63) is 84.4 Å². The zero-order valence-electron chi connectivity index (χ0n) is 21.5. The van der Waals surface area contributed by atoms with Gasteiger partial charge in [0.1, 0.15) is 5.75 Å². The van der Waals surface area contributed by atoms with Crippen molar-refractivity contribution in [2.24, 2.45) is 0 Å². The number of hydrogen-bond acceptors (Lipinski definition) is 6. The lowest BCUT2D eigenvalue weighted by molar-refractivity contribution is -0.144. The molecule has 0 spiro atoms. The molecule has 1 aliphatic heterocycles. The average molecular weight is 538 g/mol. The van der Waals surface area contributed by atoms with Gasteiger partial charge in [0.05, 0.1) is 13.7 Å². The SMILES string of the molecule is COc1ccc(-c2ccc(N(S(=O)[O-])C3(C(=O)O)CCN(CCCOCc4ccccc4)CC3)cc2)cc1. The largest absolute Gasteiger partial charge is 0.755 e. The van der Waals surface area contributed by atoms with Crippen molar-refractivity contribution in [2.75, 3.05) is 37.7 Å². The maximum atomic E-state index is 12.5. The van der Waals surface area contributed by atoms with E-state index in [9.17, 15) is 18.7 Å². The Morgan fingerprint density at radius 1 is 1.00 bits per heavy atom. The molecule has 0 bridgehead atoms. The second-order valence-electron chi connectivity index (χ2n) is 9.36. The van der Waals surface area contributed by atoms with Gasteiger partial charge in [-0.2, -0.15) is 0 Å². The Kier molecular flexibility index (Phi) is 9.52. The molecule has 202 valence electrons. The van der Waals surface area contributed by atoms with E-state index in [1.165, 1.54) is 0 Å². The molecule has 0 amide bonds. The van der Waals surface area contributed by atoms with E-state index in [2.05, 4.69) is 4.90 Å². The highest BCUT2D eigenvalue weighted by Gasteiger charge is 2.47. The smallest absolute Gasteiger partial charge is 0.330 e. The first-order valence-corrected chi connectivity index (χ1v) is 13.7. The normalized spacial score (nSPS) is 16.1. The summed E-state index contributed by atoms with van der Waals surface area (Å²) >= 11 is -2.76. The molecule has 1 fully saturated rings. The van der Waals surface area contributed by atoms with Crippen molar-refractivity contribution in [1.82, 2.24) is 4.90 Å². The van der Waals surface area contributed by atoms with Gasteiger partial charge in [-0.1, -0.05) is 54.6 Å². The van der Waals surface area contributed by atoms with Gasteiger partial charge >= 0.3 is 5.97 Å². The van der Waals surface area contributed by atoms with Crippen molar-refractivity contribution in [2.45, 2.75) is 31.4 Å². The Hall–Kier alpha value is -3.24. The minimum absolute atomic E-state index is 0.196. The number of ether oxygens (including phenoxy) is 2. The Balaban J connectivity index is 1.38. The first-order chi connectivity index (χ1) is 18.4. The summed E-state index contributed by atoms with van der Waals surface area (Å²) in [5, 5.41) is 10.2. The number of methoxy groups -OCH3 is 1. The van der Waals surface area contributed by atoms with Gasteiger partial charge in [-0.25, -0.2) is 4.79 Å². The number of nitrogens with zero attached hydrogens (tertiary/aromatic N) is 2. The summed E-state index contributed by atoms with van der Waals surface area (Å²) in [6.45, 7) is 2.91. The third kappa shape index (κ3) is 6.60. The minimum Gasteiger partial charge on any atom is -0.755 e. The molecule has 3 aromatic carbocycles. The van der Waals surface area contributed by atoms with Crippen LogP contribution in [0.15, 0.2) is 78.9 Å². The van der Waals surface area contributed by atoms with Crippen molar-refractivity contribution in [3.63, 3.8) is 0 Å². The molecule has 1 atom stereocenters. The highest BCUT2D eigenvalue weighted by Crippen LogP contribution is 2.36. The second-order valence-corrected chi connectivity index (χ2v) is 10.2. The zero-order valence-corrected chi connectivity index (χ0v) is 22.3. The maximum Gasteiger partial charge on any atom is 0.330 e. The summed E-state index contributed by atoms with van der Waals surface area (Å²) in [7, 11) is 1.60. The van der Waals surface area contributed by atoms with E-state index in [1.807, 2.05) is 54.6 Å². The first kappa shape index (κ1) is 27.8. The summed E-state index contributed by atoms with van der Waals surface area (Å²) < 4.78 is 36.8. The number of likely N-dealkylation sites (tertiary alicyclic amines) is 1. The predicted octanol–water partition coefficient (Wildman–Crippen LogP) is 4.49. The molecule has 0 aromatic heterocycles. The van der Waals surface area contributed by atoms with Gasteiger partial charge < -0.3 is 24.0 Å². The van der Waals surface area contributed by atoms with Crippen molar-refractivity contribution < 1.29 is 28.1 Å². The van der Waals surface area contributed by atoms with Crippen LogP contribution in [0.5, 0.6) is 5.75 Å². The lowest BCUT2D eigenvalue weighted by atomic mass is 9.86. The molecule has 1 unspecified atom stereocenters. The van der Waals surface area contributed by atoms with Crippen LogP contribution in [0.3, 0.4) is 0 Å². The third-order valence-electron chi connectivity index (χ3n) is 7.02. The topological polar surface area (TPSA) is 102 Å². The Bertz CT molecular complexity index is 1200. The maximum absolute atomic E-state index is 12.5. The molecule has 38 heavy (non-hydrogen) atoms. The molecule has 1 N–H and O–H groups in total. The average Bonchev–Trinajstić information content (AvgIpc) is 2.94. The molecule has 8 nitrogen and oxygen atoms in total. The number of benzene rings is 3. The van der Waals surface area contributed by atoms with E-state index in [4.69, 9.17) is 9.47 Å². The fourth-order valence-electron chi connectivity index (χ4n) is 4.85. The molecule has 9 heteroatoms. The molecule has 3 aromatic rings. The highest BCUT2D eigenvalue weighted by molar-refractivity contribution is 7.80. The fourth-order valence-corrected chi connectivity index (χ4v) is 5.69. The molecule has 0 aliphatic carbocycles. The van der Waals surface area contributed by atoms with Crippen LogP contribution in [0.1, 0.15) is 24.8 Å². The number of carboxylic acids is 1. The van der Waals surface area contributed by atoms with Crippen LogP contribution >= 0.6 is 0 Å². The van der Waals surface area contributed by atoms with Crippen molar-refractivity contribution in [1.29, 1.82) is 0 Å². The lowest BCUT2D eigenvalue weighted by Crippen LogP contribution is -2.61. The van der Waals surface area contributed by atoms with Crippen LogP contribution < -0.4 is 9.04 Å². The standard InChI is InChI=1S/C29H34N2O6S/c1-36-27-14-10-25(11-15-27)24-8-12-26(13-9-24)31(38(34)35)29(28(32)33)16-19-30(20-17-29)18-5-21-37-22-23-6-3-2-4-7-23/h2-4,6-15H,5,16-22H2,1H3,(H,32,33)(H,34,35)/p-1. The first-order valence-electron chi connectivity index (χ1n) is 12.6. The van der Waals surface area contributed by atoms with Gasteiger partial charge in [-0.15, -0.1) is 0 Å². The van der Waals surface area contributed by atoms with Gasteiger partial charge in [0.2, 0.25) is 0 Å². The van der Waals surface area contributed by atoms with Gasteiger partial charge in [0.25, 0.3) is 0 Å². The lowest BCUT2D eigenvalue weighted by Gasteiger charge is -2.47.